The minimum Gasteiger partial charge on any atom is -0.342 e. The fraction of sp³-hybridized carbons (Fsp3) is 0.364. The van der Waals surface area contributed by atoms with Crippen molar-refractivity contribution in [3.63, 3.8) is 0 Å². The summed E-state index contributed by atoms with van der Waals surface area (Å²) in [5.74, 6) is 0.925. The number of benzene rings is 1. The molecule has 1 aromatic carbocycles. The Morgan fingerprint density at radius 3 is 2.97 bits per heavy atom. The Hall–Kier alpha value is -3.42. The first-order valence-electron chi connectivity index (χ1n) is 10.3. The maximum Gasteiger partial charge on any atom is 0.330 e. The molecule has 1 N–H and O–H groups in total. The Labute approximate surface area is 173 Å². The van der Waals surface area contributed by atoms with Crippen LogP contribution in [0.1, 0.15) is 31.1 Å². The Morgan fingerprint density at radius 2 is 2.10 bits per heavy atom. The number of nitrogens with zero attached hydrogens (tertiary/aromatic N) is 5. The second-order valence-electron chi connectivity index (χ2n) is 7.89. The van der Waals surface area contributed by atoms with E-state index in [-0.39, 0.29) is 17.6 Å². The number of para-hydroxylation sites is 2. The molecule has 30 heavy (non-hydrogen) atoms. The highest BCUT2D eigenvalue weighted by Gasteiger charge is 2.28. The van der Waals surface area contributed by atoms with Crippen LogP contribution in [-0.4, -0.2) is 48.0 Å². The number of fused-ring (bicyclic) bond motifs is 2. The number of aromatic nitrogens is 5. The number of aromatic amines is 1. The van der Waals surface area contributed by atoms with Gasteiger partial charge in [-0.05, 0) is 37.1 Å². The number of hydrogen-bond acceptors (Lipinski definition) is 4. The summed E-state index contributed by atoms with van der Waals surface area (Å²) in [5, 5.41) is 0. The van der Waals surface area contributed by atoms with Gasteiger partial charge in [0.25, 0.3) is 0 Å². The molecule has 0 bridgehead atoms. The van der Waals surface area contributed by atoms with Crippen LogP contribution in [0.2, 0.25) is 0 Å². The van der Waals surface area contributed by atoms with E-state index < -0.39 is 0 Å². The number of piperidine rings is 1. The smallest absolute Gasteiger partial charge is 0.330 e. The molecule has 8 heteroatoms. The minimum absolute atomic E-state index is 0.0556. The van der Waals surface area contributed by atoms with Gasteiger partial charge in [0.1, 0.15) is 5.82 Å². The highest BCUT2D eigenvalue weighted by atomic mass is 16.2. The Morgan fingerprint density at radius 1 is 1.23 bits per heavy atom. The van der Waals surface area contributed by atoms with Gasteiger partial charge in [-0.25, -0.2) is 14.8 Å². The number of pyridine rings is 1. The van der Waals surface area contributed by atoms with Crippen LogP contribution < -0.4 is 5.69 Å². The molecule has 0 unspecified atom stereocenters. The molecule has 0 aliphatic carbocycles. The van der Waals surface area contributed by atoms with Crippen molar-refractivity contribution in [2.45, 2.75) is 31.7 Å². The van der Waals surface area contributed by atoms with Gasteiger partial charge in [0.05, 0.1) is 22.6 Å². The molecule has 1 aliphatic heterocycles. The fourth-order valence-electron chi connectivity index (χ4n) is 4.42. The van der Waals surface area contributed by atoms with Gasteiger partial charge < -0.3 is 9.88 Å². The second-order valence-corrected chi connectivity index (χ2v) is 7.89. The molecule has 4 heterocycles. The van der Waals surface area contributed by atoms with Crippen LogP contribution in [0.25, 0.3) is 22.2 Å². The molecule has 0 radical (unpaired) electrons. The zero-order valence-electron chi connectivity index (χ0n) is 16.9. The van der Waals surface area contributed by atoms with Crippen molar-refractivity contribution in [1.82, 2.24) is 29.0 Å². The summed E-state index contributed by atoms with van der Waals surface area (Å²) in [6.07, 6.45) is 4.41. The Kier molecular flexibility index (Phi) is 4.61. The van der Waals surface area contributed by atoms with Crippen LogP contribution in [0.5, 0.6) is 0 Å². The zero-order chi connectivity index (χ0) is 20.7. The maximum absolute atomic E-state index is 12.9. The SMILES string of the molecule is Cn1c(=O)n([C@H]2CCCN(C(=O)CCc3nc4ccccc4[nH]3)C2)c2ncccc21. The van der Waals surface area contributed by atoms with Crippen molar-refractivity contribution >= 4 is 28.1 Å². The van der Waals surface area contributed by atoms with Gasteiger partial charge in [-0.1, -0.05) is 12.1 Å². The molecule has 4 aromatic rings. The summed E-state index contributed by atoms with van der Waals surface area (Å²) < 4.78 is 3.39. The summed E-state index contributed by atoms with van der Waals surface area (Å²) in [6.45, 7) is 1.26. The molecule has 1 aliphatic rings. The van der Waals surface area contributed by atoms with Gasteiger partial charge in [-0.3, -0.25) is 13.9 Å². The molecule has 8 nitrogen and oxygen atoms in total. The Bertz CT molecular complexity index is 1250. The largest absolute Gasteiger partial charge is 0.342 e. The van der Waals surface area contributed by atoms with Crippen molar-refractivity contribution in [3.05, 3.63) is 58.9 Å². The molecular weight excluding hydrogens is 380 g/mol. The lowest BCUT2D eigenvalue weighted by molar-refractivity contribution is -0.132. The van der Waals surface area contributed by atoms with Gasteiger partial charge in [-0.2, -0.15) is 0 Å². The topological polar surface area (TPSA) is 88.8 Å². The number of carbonyl (C=O) groups is 1. The highest BCUT2D eigenvalue weighted by Crippen LogP contribution is 2.24. The third-order valence-corrected chi connectivity index (χ3v) is 5.98. The lowest BCUT2D eigenvalue weighted by Crippen LogP contribution is -2.43. The lowest BCUT2D eigenvalue weighted by atomic mass is 10.0. The third kappa shape index (κ3) is 3.18. The number of imidazole rings is 2. The van der Waals surface area contributed by atoms with E-state index >= 15 is 0 Å². The molecule has 154 valence electrons. The molecule has 1 saturated heterocycles. The molecule has 1 amide bonds. The van der Waals surface area contributed by atoms with Gasteiger partial charge in [-0.15, -0.1) is 0 Å². The summed E-state index contributed by atoms with van der Waals surface area (Å²) >= 11 is 0. The first-order valence-corrected chi connectivity index (χ1v) is 10.3. The molecule has 1 fully saturated rings. The van der Waals surface area contributed by atoms with Crippen molar-refractivity contribution in [3.8, 4) is 0 Å². The standard InChI is InChI=1S/C22H24N6O2/c1-26-18-9-4-12-23-21(18)28(22(26)30)15-6-5-13-27(14-15)20(29)11-10-19-24-16-7-2-3-8-17(16)25-19/h2-4,7-9,12,15H,5-6,10-11,13-14H2,1H3,(H,24,25)/t15-/m0/s1. The van der Waals surface area contributed by atoms with E-state index in [0.29, 0.717) is 25.0 Å². The van der Waals surface area contributed by atoms with E-state index in [0.717, 1.165) is 41.8 Å². The zero-order valence-corrected chi connectivity index (χ0v) is 16.9. The summed E-state index contributed by atoms with van der Waals surface area (Å²) in [4.78, 5) is 39.9. The summed E-state index contributed by atoms with van der Waals surface area (Å²) in [5.41, 5.74) is 3.33. The molecule has 3 aromatic heterocycles. The fourth-order valence-corrected chi connectivity index (χ4v) is 4.42. The molecule has 0 saturated carbocycles. The van der Waals surface area contributed by atoms with E-state index in [4.69, 9.17) is 0 Å². The number of rotatable bonds is 4. The van der Waals surface area contributed by atoms with Gasteiger partial charge in [0, 0.05) is 39.2 Å². The number of aryl methyl sites for hydroxylation is 2. The van der Waals surface area contributed by atoms with Crippen LogP contribution >= 0.6 is 0 Å². The molecule has 1 atom stereocenters. The van der Waals surface area contributed by atoms with Gasteiger partial charge in [0.2, 0.25) is 5.91 Å². The number of H-pyrrole nitrogens is 1. The van der Waals surface area contributed by atoms with Crippen molar-refractivity contribution in [2.75, 3.05) is 13.1 Å². The minimum atomic E-state index is -0.0784. The van der Waals surface area contributed by atoms with Crippen LogP contribution in [0.3, 0.4) is 0 Å². The van der Waals surface area contributed by atoms with E-state index in [9.17, 15) is 9.59 Å². The number of carbonyl (C=O) groups excluding carboxylic acids is 1. The lowest BCUT2D eigenvalue weighted by Gasteiger charge is -2.33. The monoisotopic (exact) mass is 404 g/mol. The van der Waals surface area contributed by atoms with Crippen molar-refractivity contribution in [2.24, 2.45) is 7.05 Å². The highest BCUT2D eigenvalue weighted by molar-refractivity contribution is 5.77. The van der Waals surface area contributed by atoms with Crippen LogP contribution in [0, 0.1) is 0 Å². The molecule has 0 spiro atoms. The average molecular weight is 404 g/mol. The molecule has 5 rings (SSSR count). The van der Waals surface area contributed by atoms with Crippen LogP contribution in [0.4, 0.5) is 0 Å². The predicted octanol–water partition coefficient (Wildman–Crippen LogP) is 2.41. The van der Waals surface area contributed by atoms with Gasteiger partial charge >= 0.3 is 5.69 Å². The quantitative estimate of drug-likeness (QED) is 0.566. The first kappa shape index (κ1) is 18.6. The van der Waals surface area contributed by atoms with Crippen molar-refractivity contribution in [1.29, 1.82) is 0 Å². The molecular formula is C22H24N6O2. The van der Waals surface area contributed by atoms with E-state index in [2.05, 4.69) is 15.0 Å². The first-order chi connectivity index (χ1) is 14.6. The van der Waals surface area contributed by atoms with Gasteiger partial charge in [0.15, 0.2) is 5.65 Å². The normalized spacial score (nSPS) is 17.1. The van der Waals surface area contributed by atoms with Crippen LogP contribution in [0.15, 0.2) is 47.4 Å². The second kappa shape index (κ2) is 7.44. The predicted molar refractivity (Wildman–Crippen MR) is 114 cm³/mol. The van der Waals surface area contributed by atoms with E-state index in [1.807, 2.05) is 41.3 Å². The number of nitrogens with one attached hydrogen (secondary N) is 1. The number of hydrogen-bond donors (Lipinski definition) is 1. The Balaban J connectivity index is 1.31. The third-order valence-electron chi connectivity index (χ3n) is 5.98. The van der Waals surface area contributed by atoms with E-state index in [1.54, 1.807) is 22.4 Å². The number of amides is 1. The summed E-state index contributed by atoms with van der Waals surface area (Å²) in [7, 11) is 1.77. The average Bonchev–Trinajstić information content (AvgIpc) is 3.31. The maximum atomic E-state index is 12.9. The number of likely N-dealkylation sites (tertiary alicyclic amines) is 1. The summed E-state index contributed by atoms with van der Waals surface area (Å²) in [6, 6.07) is 11.5. The van der Waals surface area contributed by atoms with Crippen molar-refractivity contribution < 1.29 is 4.79 Å². The van der Waals surface area contributed by atoms with Crippen LogP contribution in [-0.2, 0) is 18.3 Å². The van der Waals surface area contributed by atoms with E-state index in [1.165, 1.54) is 0 Å².